The van der Waals surface area contributed by atoms with Crippen molar-refractivity contribution in [3.63, 3.8) is 0 Å². The normalized spacial score (nSPS) is 16.1. The summed E-state index contributed by atoms with van der Waals surface area (Å²) in [6.07, 6.45) is 0.175. The van der Waals surface area contributed by atoms with E-state index in [2.05, 4.69) is 5.32 Å². The molecule has 0 aliphatic carbocycles. The van der Waals surface area contributed by atoms with Crippen LogP contribution in [0.3, 0.4) is 0 Å². The number of nitrogens with zero attached hydrogens (tertiary/aromatic N) is 2. The topological polar surface area (TPSA) is 90.0 Å². The van der Waals surface area contributed by atoms with E-state index in [1.807, 2.05) is 43.3 Å². The number of nitrogens with one attached hydrogen (secondary N) is 1. The van der Waals surface area contributed by atoms with Crippen molar-refractivity contribution in [1.29, 1.82) is 0 Å². The van der Waals surface area contributed by atoms with Gasteiger partial charge in [-0.2, -0.15) is 0 Å². The summed E-state index contributed by atoms with van der Waals surface area (Å²) in [5.41, 5.74) is 2.91. The molecular weight excluding hydrogens is 382 g/mol. The minimum atomic E-state index is -0.729. The summed E-state index contributed by atoms with van der Waals surface area (Å²) in [5, 5.41) is 13.2. The number of anilines is 3. The van der Waals surface area contributed by atoms with Gasteiger partial charge in [0.1, 0.15) is 0 Å². The Bertz CT molecular complexity index is 1010. The molecule has 156 valence electrons. The predicted octanol–water partition coefficient (Wildman–Crippen LogP) is 3.59. The number of ketones is 1. The van der Waals surface area contributed by atoms with E-state index < -0.39 is 17.7 Å². The number of carbonyl (C=O) groups excluding carboxylic acids is 3. The van der Waals surface area contributed by atoms with E-state index in [0.717, 1.165) is 11.3 Å². The Morgan fingerprint density at radius 1 is 1.07 bits per heavy atom. The Kier molecular flexibility index (Phi) is 5.91. The monoisotopic (exact) mass is 407 g/mol. The van der Waals surface area contributed by atoms with Crippen molar-refractivity contribution in [3.8, 4) is 0 Å². The molecule has 0 radical (unpaired) electrons. The number of benzene rings is 2. The number of aliphatic hydroxyl groups excluding tert-OH is 1. The van der Waals surface area contributed by atoms with E-state index in [9.17, 15) is 19.5 Å². The van der Waals surface area contributed by atoms with Crippen LogP contribution in [0.2, 0.25) is 0 Å². The molecule has 2 amide bonds. The fraction of sp³-hybridized carbons (Fsp3) is 0.261. The second-order valence-corrected chi connectivity index (χ2v) is 7.33. The maximum atomic E-state index is 12.9. The molecule has 0 saturated carbocycles. The van der Waals surface area contributed by atoms with Gasteiger partial charge in [-0.3, -0.25) is 19.3 Å². The third kappa shape index (κ3) is 3.91. The van der Waals surface area contributed by atoms with Crippen molar-refractivity contribution in [2.75, 3.05) is 29.2 Å². The highest BCUT2D eigenvalue weighted by Crippen LogP contribution is 2.41. The van der Waals surface area contributed by atoms with Crippen LogP contribution in [0, 0.1) is 0 Å². The zero-order chi connectivity index (χ0) is 22.0. The molecule has 0 spiro atoms. The summed E-state index contributed by atoms with van der Waals surface area (Å²) in [4.78, 5) is 40.2. The fourth-order valence-corrected chi connectivity index (χ4v) is 3.53. The van der Waals surface area contributed by atoms with Gasteiger partial charge in [-0.25, -0.2) is 0 Å². The van der Waals surface area contributed by atoms with Gasteiger partial charge in [-0.15, -0.1) is 0 Å². The Hall–Kier alpha value is -3.61. The molecule has 1 aliphatic rings. The highest BCUT2D eigenvalue weighted by Gasteiger charge is 2.43. The number of hydrogen-bond acceptors (Lipinski definition) is 5. The van der Waals surface area contributed by atoms with Gasteiger partial charge >= 0.3 is 0 Å². The highest BCUT2D eigenvalue weighted by molar-refractivity contribution is 6.16. The zero-order valence-corrected chi connectivity index (χ0v) is 17.5. The van der Waals surface area contributed by atoms with Crippen LogP contribution in [0.25, 0.3) is 0 Å². The van der Waals surface area contributed by atoms with Crippen molar-refractivity contribution >= 4 is 34.7 Å². The number of Topliss-reactive ketones (excluding diaryl/α,β-unsaturated/α-hetero) is 1. The van der Waals surface area contributed by atoms with Crippen LogP contribution < -0.4 is 15.1 Å². The van der Waals surface area contributed by atoms with E-state index >= 15 is 0 Å². The van der Waals surface area contributed by atoms with Gasteiger partial charge in [0.2, 0.25) is 5.91 Å². The Morgan fingerprint density at radius 3 is 2.17 bits per heavy atom. The first-order valence-electron chi connectivity index (χ1n) is 9.69. The Balaban J connectivity index is 2.07. The van der Waals surface area contributed by atoms with Crippen LogP contribution >= 0.6 is 0 Å². The summed E-state index contributed by atoms with van der Waals surface area (Å²) in [6, 6.07) is 13.5. The quantitative estimate of drug-likeness (QED) is 0.764. The summed E-state index contributed by atoms with van der Waals surface area (Å²) in [5.74, 6) is -1.62. The van der Waals surface area contributed by atoms with E-state index in [-0.39, 0.29) is 23.7 Å². The van der Waals surface area contributed by atoms with E-state index in [0.29, 0.717) is 11.4 Å². The van der Waals surface area contributed by atoms with E-state index in [4.69, 9.17) is 0 Å². The molecule has 1 heterocycles. The maximum absolute atomic E-state index is 12.9. The van der Waals surface area contributed by atoms with Crippen molar-refractivity contribution in [2.45, 2.75) is 26.3 Å². The lowest BCUT2D eigenvalue weighted by atomic mass is 9.94. The number of carbonyl (C=O) groups is 3. The lowest BCUT2D eigenvalue weighted by Gasteiger charge is -2.27. The Morgan fingerprint density at radius 2 is 1.67 bits per heavy atom. The third-order valence-corrected chi connectivity index (χ3v) is 5.02. The van der Waals surface area contributed by atoms with Crippen LogP contribution in [-0.2, 0) is 14.4 Å². The fourth-order valence-electron chi connectivity index (χ4n) is 3.53. The summed E-state index contributed by atoms with van der Waals surface area (Å²) < 4.78 is 0. The molecule has 7 heteroatoms. The van der Waals surface area contributed by atoms with Crippen LogP contribution in [0.5, 0.6) is 0 Å². The molecule has 0 saturated heterocycles. The first kappa shape index (κ1) is 21.1. The smallest absolute Gasteiger partial charge is 0.294 e. The third-order valence-electron chi connectivity index (χ3n) is 5.02. The number of rotatable bonds is 6. The molecule has 7 nitrogen and oxygen atoms in total. The number of hydrogen-bond donors (Lipinski definition) is 2. The highest BCUT2D eigenvalue weighted by atomic mass is 16.3. The van der Waals surface area contributed by atoms with Crippen LogP contribution in [0.1, 0.15) is 31.9 Å². The van der Waals surface area contributed by atoms with Crippen molar-refractivity contribution in [2.24, 2.45) is 0 Å². The van der Waals surface area contributed by atoms with Crippen LogP contribution in [-0.4, -0.2) is 36.8 Å². The average molecular weight is 407 g/mol. The number of aliphatic hydroxyl groups is 1. The minimum Gasteiger partial charge on any atom is -0.503 e. The largest absolute Gasteiger partial charge is 0.503 e. The predicted molar refractivity (Wildman–Crippen MR) is 117 cm³/mol. The molecule has 1 unspecified atom stereocenters. The maximum Gasteiger partial charge on any atom is 0.294 e. The molecule has 30 heavy (non-hydrogen) atoms. The van der Waals surface area contributed by atoms with E-state index in [1.165, 1.54) is 11.8 Å². The van der Waals surface area contributed by atoms with Gasteiger partial charge in [0.05, 0.1) is 11.6 Å². The van der Waals surface area contributed by atoms with Crippen LogP contribution in [0.15, 0.2) is 59.9 Å². The Labute approximate surface area is 175 Å². The molecule has 3 rings (SSSR count). The molecule has 2 aromatic rings. The molecule has 2 aromatic carbocycles. The van der Waals surface area contributed by atoms with Crippen molar-refractivity contribution in [1.82, 2.24) is 0 Å². The zero-order valence-electron chi connectivity index (χ0n) is 17.5. The second-order valence-electron chi connectivity index (χ2n) is 7.33. The first-order chi connectivity index (χ1) is 14.2. The van der Waals surface area contributed by atoms with Crippen molar-refractivity contribution in [3.05, 3.63) is 65.4 Å². The van der Waals surface area contributed by atoms with Gasteiger partial charge in [-0.05, 0) is 42.0 Å². The van der Waals surface area contributed by atoms with Crippen molar-refractivity contribution < 1.29 is 19.5 Å². The van der Waals surface area contributed by atoms with Crippen LogP contribution in [0.4, 0.5) is 17.1 Å². The van der Waals surface area contributed by atoms with Gasteiger partial charge < -0.3 is 15.3 Å². The first-order valence-corrected chi connectivity index (χ1v) is 9.69. The summed E-state index contributed by atoms with van der Waals surface area (Å²) in [6.45, 7) is 3.11. The molecule has 2 N–H and O–H groups in total. The summed E-state index contributed by atoms with van der Waals surface area (Å²) in [7, 11) is 3.85. The molecular formula is C23H25N3O4. The molecule has 0 aromatic heterocycles. The standard InChI is InChI=1S/C23H25N3O4/c1-5-19(28)20-21(15-6-10-17(11-7-15)25(3)4)26(23(30)22(20)29)18-12-8-16(9-13-18)24-14(2)27/h6-13,21,29H,5H2,1-4H3,(H,24,27). The van der Waals surface area contributed by atoms with E-state index in [1.54, 1.807) is 31.2 Å². The molecule has 0 fully saturated rings. The second kappa shape index (κ2) is 8.41. The molecule has 0 bridgehead atoms. The molecule has 1 aliphatic heterocycles. The van der Waals surface area contributed by atoms with Gasteiger partial charge in [-0.1, -0.05) is 19.1 Å². The lowest BCUT2D eigenvalue weighted by Crippen LogP contribution is -2.31. The average Bonchev–Trinajstić information content (AvgIpc) is 2.98. The lowest BCUT2D eigenvalue weighted by molar-refractivity contribution is -0.118. The van der Waals surface area contributed by atoms with Gasteiger partial charge in [0.25, 0.3) is 5.91 Å². The van der Waals surface area contributed by atoms with Gasteiger partial charge in [0, 0.05) is 44.5 Å². The SMILES string of the molecule is CCC(=O)C1=C(O)C(=O)N(c2ccc(NC(C)=O)cc2)C1c1ccc(N(C)C)cc1. The van der Waals surface area contributed by atoms with Gasteiger partial charge in [0.15, 0.2) is 11.5 Å². The summed E-state index contributed by atoms with van der Waals surface area (Å²) >= 11 is 0. The minimum absolute atomic E-state index is 0.103. The molecule has 1 atom stereocenters. The number of amides is 2.